The first-order chi connectivity index (χ1) is 18.3. The van der Waals surface area contributed by atoms with Gasteiger partial charge in [-0.05, 0) is 25.7 Å². The van der Waals surface area contributed by atoms with Gasteiger partial charge in [-0.15, -0.1) is 12.8 Å². The Balaban J connectivity index is 0.000000326. The van der Waals surface area contributed by atoms with Gasteiger partial charge >= 0.3 is 24.0 Å². The number of aliphatic carboxylic acids is 2. The summed E-state index contributed by atoms with van der Waals surface area (Å²) in [5.74, 6) is 0.723. The molecule has 4 saturated heterocycles. The molecule has 204 valence electrons. The molecule has 10 nitrogen and oxygen atoms in total. The Kier molecular flexibility index (Phi) is 14.0. The van der Waals surface area contributed by atoms with Gasteiger partial charge in [0.2, 0.25) is 0 Å². The van der Waals surface area contributed by atoms with Crippen LogP contribution in [0, 0.1) is 12.8 Å². The van der Waals surface area contributed by atoms with Crippen LogP contribution in [0.2, 0.25) is 0 Å². The second kappa shape index (κ2) is 17.5. The molecule has 7 unspecified atom stereocenters. The molecule has 0 spiro atoms. The Hall–Kier alpha value is -1.90. The Morgan fingerprint density at radius 2 is 1.36 bits per heavy atom. The number of amides is 4. The van der Waals surface area contributed by atoms with Crippen LogP contribution in [-0.2, 0) is 9.59 Å². The van der Waals surface area contributed by atoms with E-state index in [-0.39, 0.29) is 42.7 Å². The van der Waals surface area contributed by atoms with Crippen molar-refractivity contribution in [2.24, 2.45) is 0 Å². The van der Waals surface area contributed by atoms with Gasteiger partial charge in [-0.1, -0.05) is 12.8 Å². The monoisotopic (exact) mass is 569 g/mol. The maximum atomic E-state index is 11.1. The number of carbonyl (C=O) groups excluding carboxylic acids is 2. The van der Waals surface area contributed by atoms with Crippen molar-refractivity contribution < 1.29 is 35.0 Å². The van der Waals surface area contributed by atoms with Crippen molar-refractivity contribution in [1.29, 1.82) is 1.43 Å². The third-order valence-corrected chi connectivity index (χ3v) is 9.14. The van der Waals surface area contributed by atoms with Crippen LogP contribution < -0.4 is 21.3 Å². The topological polar surface area (TPSA) is 157 Å². The van der Waals surface area contributed by atoms with E-state index in [0.29, 0.717) is 16.9 Å². The third-order valence-electron chi connectivity index (χ3n) is 6.13. The van der Waals surface area contributed by atoms with E-state index < -0.39 is 11.9 Å². The highest BCUT2D eigenvalue weighted by Crippen LogP contribution is 2.34. The number of nitrogens with one attached hydrogen (secondary N) is 4. The van der Waals surface area contributed by atoms with Crippen molar-refractivity contribution in [3.05, 3.63) is 0 Å². The molecule has 36 heavy (non-hydrogen) atoms. The average molecular weight is 570 g/mol. The van der Waals surface area contributed by atoms with E-state index in [1.807, 2.05) is 23.5 Å². The summed E-state index contributed by atoms with van der Waals surface area (Å²) < 4.78 is 21.6. The molecule has 0 aromatic carbocycles. The molecule has 4 aliphatic rings. The molecule has 0 bridgehead atoms. The van der Waals surface area contributed by atoms with E-state index in [0.717, 1.165) is 59.6 Å². The van der Waals surface area contributed by atoms with E-state index in [4.69, 9.17) is 7.91 Å². The van der Waals surface area contributed by atoms with Crippen LogP contribution in [0.15, 0.2) is 0 Å². The largest absolute Gasteiger partial charge is 0.481 e. The number of rotatable bonds is 10. The second-order valence-electron chi connectivity index (χ2n) is 8.50. The molecule has 4 heterocycles. The Morgan fingerprint density at radius 3 is 1.75 bits per heavy atom. The van der Waals surface area contributed by atoms with Gasteiger partial charge in [0, 0.05) is 34.8 Å². The predicted molar refractivity (Wildman–Crippen MR) is 144 cm³/mol. The van der Waals surface area contributed by atoms with Gasteiger partial charge in [-0.3, -0.25) is 9.59 Å². The summed E-state index contributed by atoms with van der Waals surface area (Å²) in [5.41, 5.74) is 0. The lowest BCUT2D eigenvalue weighted by Crippen LogP contribution is -2.36. The highest BCUT2D eigenvalue weighted by Gasteiger charge is 2.43. The van der Waals surface area contributed by atoms with Crippen LogP contribution in [0.5, 0.6) is 0 Å². The third kappa shape index (κ3) is 10.6. The van der Waals surface area contributed by atoms with E-state index in [1.54, 1.807) is 0 Å². The molecule has 4 aliphatic heterocycles. The summed E-state index contributed by atoms with van der Waals surface area (Å²) in [5, 5.41) is 24.9. The zero-order chi connectivity index (χ0) is 28.5. The number of halogens is 1. The standard InChI is InChI=1S/2C10H16N2O3S.C2H2.FH2P/c2*13-8(14)4-2-1-3-7-9-6(5-16-7)11-10(15)12-9;2*1-2/h2*6-7,9H,1-5H2,(H,13,14)(H2,11,12,15);1-2H;2H2/i;;1D;/hT. The summed E-state index contributed by atoms with van der Waals surface area (Å²) in [7, 11) is 0.917. The number of thioether (sulfide) groups is 2. The van der Waals surface area contributed by atoms with E-state index in [1.165, 1.54) is 6.40 Å². The van der Waals surface area contributed by atoms with Gasteiger partial charge < -0.3 is 31.5 Å². The molecular formula is C22H36FN4O6PS2. The van der Waals surface area contributed by atoms with Gasteiger partial charge in [-0.2, -0.15) is 23.5 Å². The number of fused-ring (bicyclic) bond motifs is 2. The maximum absolute atomic E-state index is 11.1. The molecule has 6 N–H and O–H groups in total. The lowest BCUT2D eigenvalue weighted by atomic mass is 10.0. The number of hydrogen-bond donors (Lipinski definition) is 6. The lowest BCUT2D eigenvalue weighted by molar-refractivity contribution is -0.138. The summed E-state index contributed by atoms with van der Waals surface area (Å²) in [6.45, 7) is 0. The number of carbonyl (C=O) groups is 4. The van der Waals surface area contributed by atoms with Crippen molar-refractivity contribution in [3.63, 3.8) is 0 Å². The molecule has 4 rings (SSSR count). The fourth-order valence-electron chi connectivity index (χ4n) is 4.52. The summed E-state index contributed by atoms with van der Waals surface area (Å²) in [6.07, 6.45) is 11.6. The lowest BCUT2D eigenvalue weighted by Gasteiger charge is -2.16. The van der Waals surface area contributed by atoms with Crippen molar-refractivity contribution in [2.75, 3.05) is 11.5 Å². The zero-order valence-corrected chi connectivity index (χ0v) is 22.7. The van der Waals surface area contributed by atoms with Gasteiger partial charge in [0.15, 0.2) is 0 Å². The van der Waals surface area contributed by atoms with Crippen molar-refractivity contribution in [2.45, 2.75) is 86.0 Å². The minimum absolute atomic E-state index is 0.0640. The highest BCUT2D eigenvalue weighted by atomic mass is 32.2. The summed E-state index contributed by atoms with van der Waals surface area (Å²) in [6, 6.07) is 0.865. The average Bonchev–Trinajstić information content (AvgIpc) is 3.64. The van der Waals surface area contributed by atoms with Crippen LogP contribution in [0.4, 0.5) is 13.8 Å². The van der Waals surface area contributed by atoms with E-state index >= 15 is 0 Å². The molecule has 0 aromatic heterocycles. The van der Waals surface area contributed by atoms with Crippen molar-refractivity contribution in [3.8, 4) is 12.8 Å². The van der Waals surface area contributed by atoms with Gasteiger partial charge in [-0.25, -0.2) is 13.8 Å². The van der Waals surface area contributed by atoms with E-state index in [2.05, 4.69) is 32.8 Å². The Labute approximate surface area is 225 Å². The number of hydrogen-bond acceptors (Lipinski definition) is 7. The van der Waals surface area contributed by atoms with Crippen LogP contribution in [0.25, 0.3) is 1.43 Å². The summed E-state index contributed by atoms with van der Waals surface area (Å²) in [4.78, 5) is 43.4. The fourth-order valence-corrected chi connectivity index (χ4v) is 7.61. The number of carboxylic acid groups (broad SMARTS) is 2. The SMILES string of the molecule is FP.O=C(O)CCCCC1SCC2NC(=O)NC21.[2H]C#C.[3H]OC(=O)CCCCC1SCC2NC(=O)NC21. The molecular weight excluding hydrogens is 530 g/mol. The van der Waals surface area contributed by atoms with Crippen LogP contribution >= 0.6 is 33.1 Å². The maximum Gasteiger partial charge on any atom is 0.315 e. The molecule has 14 heteroatoms. The molecule has 0 saturated carbocycles. The smallest absolute Gasteiger partial charge is 0.315 e. The molecule has 7 atom stereocenters. The van der Waals surface area contributed by atoms with Crippen LogP contribution in [0.3, 0.4) is 0 Å². The molecule has 0 radical (unpaired) electrons. The molecule has 4 fully saturated rings. The van der Waals surface area contributed by atoms with Gasteiger partial charge in [0.1, 0.15) is 1.37 Å². The van der Waals surface area contributed by atoms with Crippen LogP contribution in [0.1, 0.15) is 52.7 Å². The number of urea groups is 2. The number of carboxylic acids is 2. The first kappa shape index (κ1) is 28.7. The number of terminal acetylenes is 1. The Bertz CT molecular complexity index is 831. The second-order valence-corrected chi connectivity index (χ2v) is 11.0. The first-order valence-electron chi connectivity index (χ1n) is 12.5. The van der Waals surface area contributed by atoms with Gasteiger partial charge in [0.05, 0.1) is 33.7 Å². The molecule has 0 aliphatic carbocycles. The zero-order valence-electron chi connectivity index (χ0n) is 21.9. The minimum Gasteiger partial charge on any atom is -0.481 e. The normalized spacial score (nSPS) is 29.1. The Morgan fingerprint density at radius 1 is 0.944 bits per heavy atom. The minimum atomic E-state index is -0.729. The first-order valence-corrected chi connectivity index (χ1v) is 14.2. The van der Waals surface area contributed by atoms with Crippen LogP contribution in [-0.4, -0.2) is 80.4 Å². The highest BCUT2D eigenvalue weighted by molar-refractivity contribution is 8.00. The number of unbranched alkanes of at least 4 members (excludes halogenated alkanes) is 2. The molecule has 4 amide bonds. The fraction of sp³-hybridized carbons (Fsp3) is 0.727. The van der Waals surface area contributed by atoms with E-state index in [9.17, 15) is 23.4 Å². The van der Waals surface area contributed by atoms with Crippen molar-refractivity contribution in [1.82, 2.24) is 21.3 Å². The van der Waals surface area contributed by atoms with Gasteiger partial charge in [0.25, 0.3) is 1.43 Å². The molecule has 0 aromatic rings. The summed E-state index contributed by atoms with van der Waals surface area (Å²) >= 11 is 3.74. The predicted octanol–water partition coefficient (Wildman–Crippen LogP) is 2.59. The van der Waals surface area contributed by atoms with Crippen molar-refractivity contribution >= 4 is 57.1 Å². The quantitative estimate of drug-likeness (QED) is 0.101.